The van der Waals surface area contributed by atoms with Gasteiger partial charge >= 0.3 is 5.97 Å². The van der Waals surface area contributed by atoms with Gasteiger partial charge in [0.2, 0.25) is 5.91 Å². The average Bonchev–Trinajstić information content (AvgIpc) is 2.95. The van der Waals surface area contributed by atoms with Gasteiger partial charge < -0.3 is 10.0 Å². The van der Waals surface area contributed by atoms with Crippen LogP contribution in [-0.4, -0.2) is 59.5 Å². The van der Waals surface area contributed by atoms with Crippen LogP contribution >= 0.6 is 0 Å². The molecule has 1 heterocycles. The summed E-state index contributed by atoms with van der Waals surface area (Å²) >= 11 is 0. The molecule has 0 unspecified atom stereocenters. The Hall–Kier alpha value is -1.10. The lowest BCUT2D eigenvalue weighted by Crippen LogP contribution is -2.52. The number of carbonyl (C=O) groups excluding carboxylic acids is 1. The van der Waals surface area contributed by atoms with Gasteiger partial charge in [-0.05, 0) is 19.3 Å². The van der Waals surface area contributed by atoms with E-state index in [0.29, 0.717) is 12.5 Å². The summed E-state index contributed by atoms with van der Waals surface area (Å²) in [7, 11) is 0. The summed E-state index contributed by atoms with van der Waals surface area (Å²) in [5.74, 6) is -0.408. The van der Waals surface area contributed by atoms with Crippen LogP contribution < -0.4 is 0 Å². The third kappa shape index (κ3) is 3.32. The van der Waals surface area contributed by atoms with Crippen LogP contribution in [0.5, 0.6) is 0 Å². The van der Waals surface area contributed by atoms with E-state index >= 15 is 0 Å². The molecule has 2 fully saturated rings. The number of rotatable bonds is 5. The first kappa shape index (κ1) is 15.3. The first-order valence-corrected chi connectivity index (χ1v) is 7.81. The minimum Gasteiger partial charge on any atom is -0.481 e. The van der Waals surface area contributed by atoms with E-state index in [4.69, 9.17) is 5.11 Å². The zero-order valence-electron chi connectivity index (χ0n) is 12.4. The largest absolute Gasteiger partial charge is 0.481 e. The molecule has 1 saturated heterocycles. The number of piperazine rings is 1. The molecule has 1 aliphatic carbocycles. The molecule has 0 aromatic heterocycles. The van der Waals surface area contributed by atoms with Crippen LogP contribution in [-0.2, 0) is 9.59 Å². The molecule has 114 valence electrons. The van der Waals surface area contributed by atoms with Gasteiger partial charge in [0.15, 0.2) is 0 Å². The van der Waals surface area contributed by atoms with E-state index in [1.807, 2.05) is 4.90 Å². The van der Waals surface area contributed by atoms with Crippen LogP contribution in [0.25, 0.3) is 0 Å². The molecule has 1 amide bonds. The van der Waals surface area contributed by atoms with Crippen molar-refractivity contribution in [3.05, 3.63) is 0 Å². The average molecular weight is 282 g/mol. The smallest absolute Gasteiger partial charge is 0.304 e. The molecule has 0 aromatic carbocycles. The van der Waals surface area contributed by atoms with E-state index in [1.165, 1.54) is 12.8 Å². The summed E-state index contributed by atoms with van der Waals surface area (Å²) in [5.41, 5.74) is -0.0940. The van der Waals surface area contributed by atoms with Gasteiger partial charge in [-0.1, -0.05) is 19.8 Å². The number of carbonyl (C=O) groups is 2. The lowest BCUT2D eigenvalue weighted by molar-refractivity contribution is -0.144. The summed E-state index contributed by atoms with van der Waals surface area (Å²) in [5, 5.41) is 8.70. The van der Waals surface area contributed by atoms with Crippen molar-refractivity contribution in [3.63, 3.8) is 0 Å². The summed E-state index contributed by atoms with van der Waals surface area (Å²) in [6.07, 6.45) is 5.58. The molecule has 0 radical (unpaired) electrons. The van der Waals surface area contributed by atoms with Crippen molar-refractivity contribution >= 4 is 11.9 Å². The van der Waals surface area contributed by atoms with Crippen molar-refractivity contribution in [2.24, 2.45) is 5.41 Å². The van der Waals surface area contributed by atoms with Crippen LogP contribution in [0.2, 0.25) is 0 Å². The molecule has 0 atom stereocenters. The normalized spacial score (nSPS) is 22.9. The van der Waals surface area contributed by atoms with Gasteiger partial charge in [0.25, 0.3) is 0 Å². The Labute approximate surface area is 120 Å². The van der Waals surface area contributed by atoms with E-state index in [9.17, 15) is 9.59 Å². The highest BCUT2D eigenvalue weighted by Gasteiger charge is 2.42. The second-order valence-corrected chi connectivity index (χ2v) is 6.12. The quantitative estimate of drug-likeness (QED) is 0.831. The zero-order chi connectivity index (χ0) is 14.6. The third-order valence-electron chi connectivity index (χ3n) is 4.99. The highest BCUT2D eigenvalue weighted by Crippen LogP contribution is 2.42. The number of aliphatic carboxylic acids is 1. The van der Waals surface area contributed by atoms with Crippen molar-refractivity contribution in [1.29, 1.82) is 0 Å². The molecule has 5 heteroatoms. The number of hydrogen-bond acceptors (Lipinski definition) is 3. The van der Waals surface area contributed by atoms with Crippen molar-refractivity contribution in [1.82, 2.24) is 9.80 Å². The molecule has 0 bridgehead atoms. The monoisotopic (exact) mass is 282 g/mol. The maximum absolute atomic E-state index is 12.7. The molecular weight excluding hydrogens is 256 g/mol. The number of carboxylic acids is 1. The van der Waals surface area contributed by atoms with Gasteiger partial charge in [0.05, 0.1) is 6.42 Å². The maximum atomic E-state index is 12.7. The zero-order valence-corrected chi connectivity index (χ0v) is 12.4. The van der Waals surface area contributed by atoms with E-state index in [2.05, 4.69) is 11.8 Å². The topological polar surface area (TPSA) is 60.9 Å². The molecule has 2 rings (SSSR count). The Morgan fingerprint density at radius 1 is 1.10 bits per heavy atom. The molecule has 20 heavy (non-hydrogen) atoms. The number of carboxylic acid groups (broad SMARTS) is 1. The van der Waals surface area contributed by atoms with Gasteiger partial charge in [-0.15, -0.1) is 0 Å². The van der Waals surface area contributed by atoms with Crippen molar-refractivity contribution in [3.8, 4) is 0 Å². The van der Waals surface area contributed by atoms with Crippen molar-refractivity contribution < 1.29 is 14.7 Å². The van der Waals surface area contributed by atoms with Crippen LogP contribution in [0.4, 0.5) is 0 Å². The summed E-state index contributed by atoms with van der Waals surface area (Å²) < 4.78 is 0. The van der Waals surface area contributed by atoms with E-state index in [0.717, 1.165) is 45.4 Å². The van der Waals surface area contributed by atoms with Crippen LogP contribution in [0, 0.1) is 5.41 Å². The van der Waals surface area contributed by atoms with Gasteiger partial charge in [0.1, 0.15) is 0 Å². The third-order valence-corrected chi connectivity index (χ3v) is 4.99. The van der Waals surface area contributed by atoms with E-state index < -0.39 is 5.97 Å². The first-order valence-electron chi connectivity index (χ1n) is 7.81. The van der Waals surface area contributed by atoms with Crippen LogP contribution in [0.15, 0.2) is 0 Å². The molecule has 5 nitrogen and oxygen atoms in total. The maximum Gasteiger partial charge on any atom is 0.304 e. The predicted octanol–water partition coefficient (Wildman–Crippen LogP) is 1.58. The Morgan fingerprint density at radius 3 is 2.20 bits per heavy atom. The molecule has 1 aliphatic heterocycles. The summed E-state index contributed by atoms with van der Waals surface area (Å²) in [6.45, 7) is 5.83. The lowest BCUT2D eigenvalue weighted by Gasteiger charge is -2.39. The Bertz CT molecular complexity index is 356. The highest BCUT2D eigenvalue weighted by molar-refractivity contribution is 5.83. The second kappa shape index (κ2) is 6.57. The fraction of sp³-hybridized carbons (Fsp3) is 0.867. The SMILES string of the molecule is CCC1(C(=O)N2CCN(CCC(=O)O)CC2)CCCC1. The molecule has 1 N–H and O–H groups in total. The van der Waals surface area contributed by atoms with Gasteiger partial charge in [-0.25, -0.2) is 0 Å². The minimum atomic E-state index is -0.751. The van der Waals surface area contributed by atoms with Crippen molar-refractivity contribution in [2.45, 2.75) is 45.4 Å². The molecule has 2 aliphatic rings. The Kier molecular flexibility index (Phi) is 5.02. The van der Waals surface area contributed by atoms with E-state index in [-0.39, 0.29) is 11.8 Å². The Morgan fingerprint density at radius 2 is 1.70 bits per heavy atom. The second-order valence-electron chi connectivity index (χ2n) is 6.12. The highest BCUT2D eigenvalue weighted by atomic mass is 16.4. The minimum absolute atomic E-state index is 0.0940. The lowest BCUT2D eigenvalue weighted by atomic mass is 9.81. The fourth-order valence-electron chi connectivity index (χ4n) is 3.53. The number of nitrogens with zero attached hydrogens (tertiary/aromatic N) is 2. The van der Waals surface area contributed by atoms with Gasteiger partial charge in [-0.3, -0.25) is 14.5 Å². The van der Waals surface area contributed by atoms with Crippen LogP contribution in [0.1, 0.15) is 45.4 Å². The summed E-state index contributed by atoms with van der Waals surface area (Å²) in [4.78, 5) is 27.5. The molecule has 1 saturated carbocycles. The van der Waals surface area contributed by atoms with Crippen molar-refractivity contribution in [2.75, 3.05) is 32.7 Å². The number of amides is 1. The predicted molar refractivity (Wildman–Crippen MR) is 76.5 cm³/mol. The van der Waals surface area contributed by atoms with Gasteiger partial charge in [-0.2, -0.15) is 0 Å². The molecular formula is C15H26N2O3. The van der Waals surface area contributed by atoms with E-state index in [1.54, 1.807) is 0 Å². The summed E-state index contributed by atoms with van der Waals surface area (Å²) in [6, 6.07) is 0. The van der Waals surface area contributed by atoms with Gasteiger partial charge in [0, 0.05) is 38.1 Å². The standard InChI is InChI=1S/C15H26N2O3/c1-2-15(6-3-4-7-15)14(20)17-11-9-16(10-12-17)8-5-13(18)19/h2-12H2,1H3,(H,18,19). The molecule has 0 aromatic rings. The first-order chi connectivity index (χ1) is 9.57. The number of hydrogen-bond donors (Lipinski definition) is 1. The Balaban J connectivity index is 1.84. The van der Waals surface area contributed by atoms with Crippen LogP contribution in [0.3, 0.4) is 0 Å². The fourth-order valence-corrected chi connectivity index (χ4v) is 3.53. The molecule has 0 spiro atoms.